The Kier molecular flexibility index (Phi) is 6.12. The van der Waals surface area contributed by atoms with Crippen LogP contribution in [-0.2, 0) is 6.42 Å². The summed E-state index contributed by atoms with van der Waals surface area (Å²) < 4.78 is 5.66. The van der Waals surface area contributed by atoms with Crippen molar-refractivity contribution in [2.45, 2.75) is 38.1 Å². The fraction of sp³-hybridized carbons (Fsp3) is 0.435. The van der Waals surface area contributed by atoms with E-state index < -0.39 is 0 Å². The van der Waals surface area contributed by atoms with E-state index in [9.17, 15) is 4.79 Å². The molecule has 0 spiro atoms. The number of rotatable bonds is 5. The maximum atomic E-state index is 12.4. The van der Waals surface area contributed by atoms with Gasteiger partial charge in [-0.1, -0.05) is 36.8 Å². The molecule has 0 aliphatic carbocycles. The third-order valence-corrected chi connectivity index (χ3v) is 5.64. The van der Waals surface area contributed by atoms with Crippen LogP contribution < -0.4 is 15.4 Å². The van der Waals surface area contributed by atoms with Gasteiger partial charge >= 0.3 is 6.03 Å². The molecule has 148 valence electrons. The average molecular weight is 380 g/mol. The van der Waals surface area contributed by atoms with E-state index in [1.807, 2.05) is 36.4 Å². The monoisotopic (exact) mass is 379 g/mol. The molecule has 2 aromatic carbocycles. The minimum Gasteiger partial charge on any atom is -0.493 e. The molecule has 2 N–H and O–H groups in total. The number of fused-ring (bicyclic) bond motifs is 1. The third-order valence-electron chi connectivity index (χ3n) is 5.64. The van der Waals surface area contributed by atoms with Crippen LogP contribution in [0.5, 0.6) is 5.75 Å². The van der Waals surface area contributed by atoms with Crippen LogP contribution >= 0.6 is 0 Å². The van der Waals surface area contributed by atoms with E-state index in [1.165, 1.54) is 37.9 Å². The number of anilines is 1. The van der Waals surface area contributed by atoms with Gasteiger partial charge in [0.2, 0.25) is 0 Å². The predicted molar refractivity (Wildman–Crippen MR) is 112 cm³/mol. The van der Waals surface area contributed by atoms with Crippen molar-refractivity contribution >= 4 is 11.7 Å². The van der Waals surface area contributed by atoms with Gasteiger partial charge in [0.1, 0.15) is 5.75 Å². The Morgan fingerprint density at radius 1 is 1.04 bits per heavy atom. The number of likely N-dealkylation sites (tertiary alicyclic amines) is 1. The Labute approximate surface area is 167 Å². The van der Waals surface area contributed by atoms with Crippen molar-refractivity contribution in [3.8, 4) is 5.75 Å². The third kappa shape index (κ3) is 4.84. The van der Waals surface area contributed by atoms with Crippen molar-refractivity contribution in [2.75, 3.05) is 31.6 Å². The maximum Gasteiger partial charge on any atom is 0.319 e. The van der Waals surface area contributed by atoms with E-state index in [-0.39, 0.29) is 12.1 Å². The van der Waals surface area contributed by atoms with Gasteiger partial charge in [-0.3, -0.25) is 0 Å². The van der Waals surface area contributed by atoms with E-state index in [1.54, 1.807) is 0 Å². The molecule has 1 saturated heterocycles. The highest BCUT2D eigenvalue weighted by Gasteiger charge is 2.22. The largest absolute Gasteiger partial charge is 0.493 e. The molecule has 5 heteroatoms. The van der Waals surface area contributed by atoms with Crippen LogP contribution in [0, 0.1) is 0 Å². The van der Waals surface area contributed by atoms with Gasteiger partial charge in [0.25, 0.3) is 0 Å². The summed E-state index contributed by atoms with van der Waals surface area (Å²) in [6, 6.07) is 15.9. The summed E-state index contributed by atoms with van der Waals surface area (Å²) in [6.45, 7) is 4.20. The van der Waals surface area contributed by atoms with Crippen LogP contribution in [0.4, 0.5) is 10.5 Å². The van der Waals surface area contributed by atoms with E-state index in [2.05, 4.69) is 27.7 Å². The van der Waals surface area contributed by atoms with E-state index >= 15 is 0 Å². The van der Waals surface area contributed by atoms with Crippen LogP contribution in [0.15, 0.2) is 48.5 Å². The lowest BCUT2D eigenvalue weighted by molar-refractivity contribution is 0.231. The Morgan fingerprint density at radius 2 is 1.82 bits per heavy atom. The lowest BCUT2D eigenvalue weighted by atomic mass is 10.0. The fourth-order valence-electron chi connectivity index (χ4n) is 4.04. The lowest BCUT2D eigenvalue weighted by Crippen LogP contribution is -2.35. The zero-order chi connectivity index (χ0) is 19.2. The summed E-state index contributed by atoms with van der Waals surface area (Å²) in [4.78, 5) is 15.0. The van der Waals surface area contributed by atoms with Crippen LogP contribution in [0.3, 0.4) is 0 Å². The van der Waals surface area contributed by atoms with Crippen molar-refractivity contribution < 1.29 is 9.53 Å². The quantitative estimate of drug-likeness (QED) is 0.812. The molecule has 1 atom stereocenters. The molecule has 5 nitrogen and oxygen atoms in total. The first kappa shape index (κ1) is 18.8. The number of hydrogen-bond acceptors (Lipinski definition) is 3. The van der Waals surface area contributed by atoms with E-state index in [4.69, 9.17) is 4.74 Å². The summed E-state index contributed by atoms with van der Waals surface area (Å²) in [5.74, 6) is 0.858. The number of urea groups is 1. The second kappa shape index (κ2) is 9.11. The lowest BCUT2D eigenvalue weighted by Gasteiger charge is -2.26. The molecular weight excluding hydrogens is 350 g/mol. The Morgan fingerprint density at radius 3 is 2.64 bits per heavy atom. The van der Waals surface area contributed by atoms with Crippen LogP contribution in [0.25, 0.3) is 0 Å². The molecule has 0 saturated carbocycles. The normalized spacial score (nSPS) is 19.4. The summed E-state index contributed by atoms with van der Waals surface area (Å²) in [5.41, 5.74) is 3.17. The standard InChI is InChI=1S/C23H29N3O2/c27-23(25-21-13-17-28-22-7-3-2-6-20(21)22)24-19-10-8-18(9-11-19)12-16-26-14-4-1-5-15-26/h2-3,6-11,21H,1,4-5,12-17H2,(H2,24,25,27)/t21-/m0/s1. The maximum absolute atomic E-state index is 12.4. The van der Waals surface area contributed by atoms with Gasteiger partial charge in [0, 0.05) is 24.2 Å². The van der Waals surface area contributed by atoms with E-state index in [0.717, 1.165) is 36.4 Å². The molecule has 1 fully saturated rings. The molecule has 2 aliphatic heterocycles. The molecule has 2 aliphatic rings. The van der Waals surface area contributed by atoms with Crippen molar-refractivity contribution in [1.29, 1.82) is 0 Å². The molecule has 0 unspecified atom stereocenters. The summed E-state index contributed by atoms with van der Waals surface area (Å²) in [5, 5.41) is 6.02. The molecule has 0 aromatic heterocycles. The summed E-state index contributed by atoms with van der Waals surface area (Å²) >= 11 is 0. The minimum atomic E-state index is -0.178. The number of amides is 2. The van der Waals surface area contributed by atoms with Gasteiger partial charge in [0.15, 0.2) is 0 Å². The number of piperidine rings is 1. The fourth-order valence-corrected chi connectivity index (χ4v) is 4.04. The molecule has 2 amide bonds. The molecule has 4 rings (SSSR count). The zero-order valence-electron chi connectivity index (χ0n) is 16.3. The molecule has 2 aromatic rings. The van der Waals surface area contributed by atoms with Crippen molar-refractivity contribution in [1.82, 2.24) is 10.2 Å². The van der Waals surface area contributed by atoms with Crippen LogP contribution in [0.1, 0.15) is 42.9 Å². The highest BCUT2D eigenvalue weighted by molar-refractivity contribution is 5.89. The number of benzene rings is 2. The topological polar surface area (TPSA) is 53.6 Å². The van der Waals surface area contributed by atoms with Gasteiger partial charge in [-0.05, 0) is 56.1 Å². The minimum absolute atomic E-state index is 0.0197. The molecule has 2 heterocycles. The smallest absolute Gasteiger partial charge is 0.319 e. The van der Waals surface area contributed by atoms with Gasteiger partial charge in [-0.25, -0.2) is 4.79 Å². The van der Waals surface area contributed by atoms with E-state index in [0.29, 0.717) is 6.61 Å². The number of ether oxygens (including phenoxy) is 1. The first-order valence-electron chi connectivity index (χ1n) is 10.4. The summed E-state index contributed by atoms with van der Waals surface area (Å²) in [7, 11) is 0. The Hall–Kier alpha value is -2.53. The molecular formula is C23H29N3O2. The molecule has 0 radical (unpaired) electrons. The highest BCUT2D eigenvalue weighted by atomic mass is 16.5. The first-order valence-corrected chi connectivity index (χ1v) is 10.4. The van der Waals surface area contributed by atoms with Crippen molar-refractivity contribution in [3.63, 3.8) is 0 Å². The average Bonchev–Trinajstić information content (AvgIpc) is 2.74. The number of nitrogens with one attached hydrogen (secondary N) is 2. The Bertz CT molecular complexity index is 785. The predicted octanol–water partition coefficient (Wildman–Crippen LogP) is 4.36. The second-order valence-corrected chi connectivity index (χ2v) is 7.68. The van der Waals surface area contributed by atoms with Crippen molar-refractivity contribution in [2.24, 2.45) is 0 Å². The van der Waals surface area contributed by atoms with Crippen LogP contribution in [-0.4, -0.2) is 37.2 Å². The SMILES string of the molecule is O=C(Nc1ccc(CCN2CCCCC2)cc1)N[C@H]1CCOc2ccccc21. The number of carbonyl (C=O) groups is 1. The van der Waals surface area contributed by atoms with Gasteiger partial charge < -0.3 is 20.3 Å². The highest BCUT2D eigenvalue weighted by Crippen LogP contribution is 2.31. The Balaban J connectivity index is 1.28. The number of nitrogens with zero attached hydrogens (tertiary/aromatic N) is 1. The number of hydrogen-bond donors (Lipinski definition) is 2. The van der Waals surface area contributed by atoms with Gasteiger partial charge in [0.05, 0.1) is 12.6 Å². The summed E-state index contributed by atoms with van der Waals surface area (Å²) in [6.07, 6.45) is 5.87. The van der Waals surface area contributed by atoms with Crippen molar-refractivity contribution in [3.05, 3.63) is 59.7 Å². The second-order valence-electron chi connectivity index (χ2n) is 7.68. The van der Waals surface area contributed by atoms with Gasteiger partial charge in [-0.15, -0.1) is 0 Å². The number of para-hydroxylation sites is 1. The number of carbonyl (C=O) groups excluding carboxylic acids is 1. The first-order chi connectivity index (χ1) is 13.8. The van der Waals surface area contributed by atoms with Gasteiger partial charge in [-0.2, -0.15) is 0 Å². The van der Waals surface area contributed by atoms with Crippen LogP contribution in [0.2, 0.25) is 0 Å². The molecule has 0 bridgehead atoms. The molecule has 28 heavy (non-hydrogen) atoms. The zero-order valence-corrected chi connectivity index (χ0v) is 16.3.